The molecule has 0 atom stereocenters. The van der Waals surface area contributed by atoms with Gasteiger partial charge in [0.2, 0.25) is 0 Å². The SMILES string of the molecule is CCCCCN(N)c1ccc(C)cc1. The van der Waals surface area contributed by atoms with E-state index in [4.69, 9.17) is 5.84 Å². The van der Waals surface area contributed by atoms with Crippen LogP contribution >= 0.6 is 0 Å². The Labute approximate surface area is 86.7 Å². The molecule has 2 N–H and O–H groups in total. The first-order valence-corrected chi connectivity index (χ1v) is 5.33. The summed E-state index contributed by atoms with van der Waals surface area (Å²) >= 11 is 0. The van der Waals surface area contributed by atoms with E-state index in [1.165, 1.54) is 24.8 Å². The standard InChI is InChI=1S/C12H20N2/c1-3-4-5-10-14(13)12-8-6-11(2)7-9-12/h6-9H,3-5,10,13H2,1-2H3. The zero-order valence-electron chi connectivity index (χ0n) is 9.16. The molecule has 0 unspecified atom stereocenters. The van der Waals surface area contributed by atoms with Crippen molar-refractivity contribution < 1.29 is 0 Å². The zero-order valence-corrected chi connectivity index (χ0v) is 9.16. The summed E-state index contributed by atoms with van der Waals surface area (Å²) in [5.41, 5.74) is 2.38. The molecular weight excluding hydrogens is 172 g/mol. The summed E-state index contributed by atoms with van der Waals surface area (Å²) in [4.78, 5) is 0. The maximum Gasteiger partial charge on any atom is 0.0517 e. The molecule has 78 valence electrons. The van der Waals surface area contributed by atoms with Crippen molar-refractivity contribution in [3.05, 3.63) is 29.8 Å². The van der Waals surface area contributed by atoms with Gasteiger partial charge in [0.1, 0.15) is 0 Å². The minimum absolute atomic E-state index is 0.941. The molecule has 2 nitrogen and oxygen atoms in total. The molecule has 0 spiro atoms. The van der Waals surface area contributed by atoms with Crippen molar-refractivity contribution in [2.45, 2.75) is 33.1 Å². The fourth-order valence-electron chi connectivity index (χ4n) is 1.40. The Morgan fingerprint density at radius 2 is 1.79 bits per heavy atom. The van der Waals surface area contributed by atoms with Crippen LogP contribution in [-0.4, -0.2) is 6.54 Å². The van der Waals surface area contributed by atoms with Crippen molar-refractivity contribution in [1.29, 1.82) is 0 Å². The first-order chi connectivity index (χ1) is 6.74. The zero-order chi connectivity index (χ0) is 10.4. The van der Waals surface area contributed by atoms with Gasteiger partial charge in [0.25, 0.3) is 0 Å². The van der Waals surface area contributed by atoms with Crippen LogP contribution < -0.4 is 10.9 Å². The lowest BCUT2D eigenvalue weighted by atomic mass is 10.2. The highest BCUT2D eigenvalue weighted by atomic mass is 15.4. The number of benzene rings is 1. The number of anilines is 1. The third-order valence-electron chi connectivity index (χ3n) is 2.37. The molecule has 0 radical (unpaired) electrons. The number of unbranched alkanes of at least 4 members (excludes halogenated alkanes) is 2. The molecule has 1 aromatic carbocycles. The topological polar surface area (TPSA) is 29.3 Å². The molecule has 0 aromatic heterocycles. The number of nitrogens with zero attached hydrogens (tertiary/aromatic N) is 1. The smallest absolute Gasteiger partial charge is 0.0517 e. The van der Waals surface area contributed by atoms with Crippen molar-refractivity contribution in [3.63, 3.8) is 0 Å². The first-order valence-electron chi connectivity index (χ1n) is 5.33. The van der Waals surface area contributed by atoms with Crippen LogP contribution in [0.5, 0.6) is 0 Å². The van der Waals surface area contributed by atoms with Gasteiger partial charge in [-0.05, 0) is 25.5 Å². The molecule has 0 aliphatic rings. The van der Waals surface area contributed by atoms with Crippen LogP contribution in [0.4, 0.5) is 5.69 Å². The second kappa shape index (κ2) is 5.66. The summed E-state index contributed by atoms with van der Waals surface area (Å²) in [6.07, 6.45) is 3.65. The van der Waals surface area contributed by atoms with Crippen LogP contribution in [0.15, 0.2) is 24.3 Å². The van der Waals surface area contributed by atoms with E-state index in [1.807, 2.05) is 5.01 Å². The van der Waals surface area contributed by atoms with E-state index >= 15 is 0 Å². The molecule has 0 amide bonds. The molecule has 2 heteroatoms. The van der Waals surface area contributed by atoms with Gasteiger partial charge in [-0.1, -0.05) is 37.5 Å². The Kier molecular flexibility index (Phi) is 4.47. The third-order valence-corrected chi connectivity index (χ3v) is 2.37. The van der Waals surface area contributed by atoms with Crippen LogP contribution in [0.2, 0.25) is 0 Å². The molecule has 0 fully saturated rings. The van der Waals surface area contributed by atoms with Crippen molar-refractivity contribution in [2.24, 2.45) is 5.84 Å². The van der Waals surface area contributed by atoms with E-state index in [0.717, 1.165) is 12.2 Å². The van der Waals surface area contributed by atoms with Crippen LogP contribution in [0.1, 0.15) is 31.7 Å². The van der Waals surface area contributed by atoms with E-state index in [2.05, 4.69) is 38.1 Å². The Morgan fingerprint density at radius 3 is 2.36 bits per heavy atom. The summed E-state index contributed by atoms with van der Waals surface area (Å²) < 4.78 is 0. The molecule has 0 bridgehead atoms. The molecule has 0 aliphatic carbocycles. The van der Waals surface area contributed by atoms with E-state index in [-0.39, 0.29) is 0 Å². The summed E-state index contributed by atoms with van der Waals surface area (Å²) in [5.74, 6) is 5.92. The maximum atomic E-state index is 5.92. The number of nitrogens with two attached hydrogens (primary N) is 1. The summed E-state index contributed by atoms with van der Waals surface area (Å²) in [6, 6.07) is 8.33. The van der Waals surface area contributed by atoms with Gasteiger partial charge in [0.15, 0.2) is 0 Å². The van der Waals surface area contributed by atoms with E-state index in [9.17, 15) is 0 Å². The van der Waals surface area contributed by atoms with Gasteiger partial charge in [-0.25, -0.2) is 5.84 Å². The number of hydrogen-bond acceptors (Lipinski definition) is 2. The van der Waals surface area contributed by atoms with Gasteiger partial charge < -0.3 is 5.01 Å². The minimum atomic E-state index is 0.941. The molecule has 1 aromatic rings. The van der Waals surface area contributed by atoms with E-state index in [0.29, 0.717) is 0 Å². The Hall–Kier alpha value is -1.02. The molecule has 0 aliphatic heterocycles. The number of hydrogen-bond donors (Lipinski definition) is 1. The minimum Gasteiger partial charge on any atom is -0.311 e. The number of rotatable bonds is 5. The molecular formula is C12H20N2. The highest BCUT2D eigenvalue weighted by Gasteiger charge is 1.99. The van der Waals surface area contributed by atoms with Crippen LogP contribution in [0, 0.1) is 6.92 Å². The Bertz CT molecular complexity index is 254. The number of hydrazine groups is 1. The average molecular weight is 192 g/mol. The predicted octanol–water partition coefficient (Wildman–Crippen LogP) is 2.87. The van der Waals surface area contributed by atoms with Gasteiger partial charge >= 0.3 is 0 Å². The van der Waals surface area contributed by atoms with Gasteiger partial charge in [-0.2, -0.15) is 0 Å². The molecule has 14 heavy (non-hydrogen) atoms. The third kappa shape index (κ3) is 3.38. The second-order valence-corrected chi connectivity index (χ2v) is 3.74. The highest BCUT2D eigenvalue weighted by molar-refractivity contribution is 5.45. The molecule has 0 saturated heterocycles. The van der Waals surface area contributed by atoms with Crippen LogP contribution in [-0.2, 0) is 0 Å². The molecule has 0 heterocycles. The fourth-order valence-corrected chi connectivity index (χ4v) is 1.40. The maximum absolute atomic E-state index is 5.92. The van der Waals surface area contributed by atoms with Crippen molar-refractivity contribution in [3.8, 4) is 0 Å². The summed E-state index contributed by atoms with van der Waals surface area (Å²) in [5, 5.41) is 1.83. The summed E-state index contributed by atoms with van der Waals surface area (Å²) in [7, 11) is 0. The predicted molar refractivity (Wildman–Crippen MR) is 62.2 cm³/mol. The van der Waals surface area contributed by atoms with Gasteiger partial charge in [0, 0.05) is 6.54 Å². The van der Waals surface area contributed by atoms with Crippen LogP contribution in [0.3, 0.4) is 0 Å². The lowest BCUT2D eigenvalue weighted by molar-refractivity contribution is 0.688. The monoisotopic (exact) mass is 192 g/mol. The lowest BCUT2D eigenvalue weighted by Crippen LogP contribution is -2.31. The molecule has 0 saturated carbocycles. The van der Waals surface area contributed by atoms with Gasteiger partial charge in [-0.15, -0.1) is 0 Å². The number of aryl methyl sites for hydroxylation is 1. The quantitative estimate of drug-likeness (QED) is 0.441. The van der Waals surface area contributed by atoms with Gasteiger partial charge in [0.05, 0.1) is 5.69 Å². The normalized spacial score (nSPS) is 10.2. The van der Waals surface area contributed by atoms with Crippen molar-refractivity contribution in [1.82, 2.24) is 0 Å². The van der Waals surface area contributed by atoms with Gasteiger partial charge in [-0.3, -0.25) is 0 Å². The van der Waals surface area contributed by atoms with E-state index < -0.39 is 0 Å². The first kappa shape index (κ1) is 11.1. The second-order valence-electron chi connectivity index (χ2n) is 3.74. The lowest BCUT2D eigenvalue weighted by Gasteiger charge is -2.18. The Morgan fingerprint density at radius 1 is 1.14 bits per heavy atom. The molecule has 1 rings (SSSR count). The van der Waals surface area contributed by atoms with Crippen molar-refractivity contribution in [2.75, 3.05) is 11.6 Å². The van der Waals surface area contributed by atoms with Crippen LogP contribution in [0.25, 0.3) is 0 Å². The van der Waals surface area contributed by atoms with E-state index in [1.54, 1.807) is 0 Å². The summed E-state index contributed by atoms with van der Waals surface area (Å²) in [6.45, 7) is 5.23. The Balaban J connectivity index is 2.43. The average Bonchev–Trinajstić information content (AvgIpc) is 2.19. The van der Waals surface area contributed by atoms with Crippen molar-refractivity contribution >= 4 is 5.69 Å². The fraction of sp³-hybridized carbons (Fsp3) is 0.500. The highest BCUT2D eigenvalue weighted by Crippen LogP contribution is 2.12. The largest absolute Gasteiger partial charge is 0.311 e.